The molecule has 4 aliphatic heterocycles. The van der Waals surface area contributed by atoms with Crippen LogP contribution in [0.2, 0.25) is 0 Å². The molecular formula is C19H23FN2O. The Labute approximate surface area is 136 Å². The summed E-state index contributed by atoms with van der Waals surface area (Å²) in [6.45, 7) is 3.15. The summed E-state index contributed by atoms with van der Waals surface area (Å²) in [5.74, 6) is 1.50. The molecule has 4 saturated heterocycles. The lowest BCUT2D eigenvalue weighted by molar-refractivity contribution is -0.137. The van der Waals surface area contributed by atoms with Crippen molar-refractivity contribution in [2.45, 2.75) is 43.7 Å². The number of likely N-dealkylation sites (tertiary alicyclic amines) is 1. The Morgan fingerprint density at radius 2 is 1.70 bits per heavy atom. The van der Waals surface area contributed by atoms with E-state index in [9.17, 15) is 9.18 Å². The third kappa shape index (κ3) is 2.14. The van der Waals surface area contributed by atoms with Crippen LogP contribution in [0.4, 0.5) is 4.39 Å². The van der Waals surface area contributed by atoms with E-state index in [0.29, 0.717) is 29.8 Å². The van der Waals surface area contributed by atoms with E-state index in [2.05, 4.69) is 9.80 Å². The summed E-state index contributed by atoms with van der Waals surface area (Å²) in [4.78, 5) is 17.6. The minimum atomic E-state index is -0.181. The fourth-order valence-electron chi connectivity index (χ4n) is 5.24. The molecule has 4 heterocycles. The van der Waals surface area contributed by atoms with Gasteiger partial charge in [-0.25, -0.2) is 4.39 Å². The topological polar surface area (TPSA) is 23.6 Å². The molecule has 1 amide bonds. The van der Waals surface area contributed by atoms with Gasteiger partial charge in [-0.05, 0) is 62.4 Å². The van der Waals surface area contributed by atoms with Gasteiger partial charge in [0.25, 0.3) is 0 Å². The maximum atomic E-state index is 13.3. The van der Waals surface area contributed by atoms with Crippen molar-refractivity contribution in [1.82, 2.24) is 9.80 Å². The molecule has 2 bridgehead atoms. The first-order chi connectivity index (χ1) is 11.2. The Bertz CT molecular complexity index is 619. The molecule has 1 saturated carbocycles. The molecule has 122 valence electrons. The molecule has 0 aromatic heterocycles. The van der Waals surface area contributed by atoms with E-state index >= 15 is 0 Å². The first-order valence-corrected chi connectivity index (χ1v) is 9.02. The molecule has 1 aliphatic carbocycles. The fraction of sp³-hybridized carbons (Fsp3) is 0.632. The van der Waals surface area contributed by atoms with Crippen LogP contribution in [0.15, 0.2) is 24.3 Å². The summed E-state index contributed by atoms with van der Waals surface area (Å²) in [5.41, 5.74) is 1.19. The number of rotatable bonds is 2. The Morgan fingerprint density at radius 3 is 2.35 bits per heavy atom. The monoisotopic (exact) mass is 314 g/mol. The smallest absolute Gasteiger partial charge is 0.226 e. The minimum absolute atomic E-state index is 0.181. The van der Waals surface area contributed by atoms with Crippen molar-refractivity contribution in [2.75, 3.05) is 19.6 Å². The molecule has 0 spiro atoms. The van der Waals surface area contributed by atoms with Crippen molar-refractivity contribution in [3.8, 4) is 0 Å². The highest BCUT2D eigenvalue weighted by atomic mass is 19.1. The summed E-state index contributed by atoms with van der Waals surface area (Å²) in [6.07, 6.45) is 4.60. The molecule has 1 aromatic rings. The number of carbonyl (C=O) groups excluding carboxylic acids is 1. The molecule has 1 aromatic carbocycles. The van der Waals surface area contributed by atoms with Gasteiger partial charge in [-0.15, -0.1) is 0 Å². The predicted molar refractivity (Wildman–Crippen MR) is 85.5 cm³/mol. The quantitative estimate of drug-likeness (QED) is 0.838. The van der Waals surface area contributed by atoms with Crippen LogP contribution in [-0.2, 0) is 4.79 Å². The second kappa shape index (κ2) is 5.04. The summed E-state index contributed by atoms with van der Waals surface area (Å²) < 4.78 is 13.3. The van der Waals surface area contributed by atoms with Gasteiger partial charge in [0.2, 0.25) is 5.91 Å². The Morgan fingerprint density at radius 1 is 1.00 bits per heavy atom. The van der Waals surface area contributed by atoms with Gasteiger partial charge < -0.3 is 4.90 Å². The number of hydrogen-bond donors (Lipinski definition) is 0. The molecule has 3 nitrogen and oxygen atoms in total. The van der Waals surface area contributed by atoms with Crippen LogP contribution >= 0.6 is 0 Å². The van der Waals surface area contributed by atoms with Gasteiger partial charge in [0.15, 0.2) is 0 Å². The summed E-state index contributed by atoms with van der Waals surface area (Å²) >= 11 is 0. The van der Waals surface area contributed by atoms with Crippen molar-refractivity contribution < 1.29 is 9.18 Å². The van der Waals surface area contributed by atoms with Crippen molar-refractivity contribution in [2.24, 2.45) is 11.8 Å². The molecular weight excluding hydrogens is 291 g/mol. The number of piperidine rings is 3. The second-order valence-electron chi connectivity index (χ2n) is 7.78. The van der Waals surface area contributed by atoms with Crippen LogP contribution in [0.25, 0.3) is 0 Å². The SMILES string of the molecule is O=C(C1CC1)N1C[C@@H](c2ccc(F)cc2)[C@@H]2[C@H]1C1CCN2CC1. The van der Waals surface area contributed by atoms with Gasteiger partial charge in [0, 0.05) is 24.4 Å². The Hall–Kier alpha value is -1.42. The van der Waals surface area contributed by atoms with E-state index in [1.165, 1.54) is 18.4 Å². The number of fused-ring (bicyclic) bond motifs is 2. The van der Waals surface area contributed by atoms with E-state index in [1.54, 1.807) is 12.1 Å². The normalized spacial score (nSPS) is 38.7. The summed E-state index contributed by atoms with van der Waals surface area (Å²) in [6, 6.07) is 7.80. The van der Waals surface area contributed by atoms with Crippen LogP contribution < -0.4 is 0 Å². The Balaban J connectivity index is 1.51. The molecule has 6 rings (SSSR count). The standard InChI is InChI=1S/C19H23FN2O/c20-15-5-3-12(4-6-15)16-11-22(19(23)14-1-2-14)17-13-7-9-21(10-8-13)18(16)17/h3-6,13-14,16-18H,1-2,7-11H2/t16-,17+,18+/m0/s1. The fourth-order valence-corrected chi connectivity index (χ4v) is 5.24. The van der Waals surface area contributed by atoms with Gasteiger partial charge in [-0.1, -0.05) is 12.1 Å². The highest BCUT2D eigenvalue weighted by Crippen LogP contribution is 2.48. The van der Waals surface area contributed by atoms with Crippen LogP contribution in [0, 0.1) is 17.7 Å². The highest BCUT2D eigenvalue weighted by molar-refractivity contribution is 5.82. The van der Waals surface area contributed by atoms with Crippen LogP contribution in [0.1, 0.15) is 37.2 Å². The maximum Gasteiger partial charge on any atom is 0.226 e. The molecule has 0 unspecified atom stereocenters. The number of amides is 1. The summed E-state index contributed by atoms with van der Waals surface area (Å²) in [7, 11) is 0. The van der Waals surface area contributed by atoms with Crippen LogP contribution in [-0.4, -0.2) is 47.4 Å². The van der Waals surface area contributed by atoms with Gasteiger partial charge in [-0.3, -0.25) is 9.69 Å². The number of carbonyl (C=O) groups is 1. The second-order valence-corrected chi connectivity index (χ2v) is 7.78. The maximum absolute atomic E-state index is 13.3. The Kier molecular flexibility index (Phi) is 3.06. The van der Waals surface area contributed by atoms with Crippen molar-refractivity contribution >= 4 is 5.91 Å². The lowest BCUT2D eigenvalue weighted by Gasteiger charge is -2.51. The van der Waals surface area contributed by atoms with E-state index < -0.39 is 0 Å². The molecule has 3 atom stereocenters. The van der Waals surface area contributed by atoms with E-state index in [4.69, 9.17) is 0 Å². The third-order valence-electron chi connectivity index (χ3n) is 6.50. The number of halogens is 1. The van der Waals surface area contributed by atoms with Gasteiger partial charge >= 0.3 is 0 Å². The van der Waals surface area contributed by atoms with Crippen LogP contribution in [0.5, 0.6) is 0 Å². The molecule has 23 heavy (non-hydrogen) atoms. The zero-order chi connectivity index (χ0) is 15.6. The van der Waals surface area contributed by atoms with E-state index in [-0.39, 0.29) is 11.7 Å². The highest BCUT2D eigenvalue weighted by Gasteiger charge is 2.55. The molecule has 5 aliphatic rings. The third-order valence-corrected chi connectivity index (χ3v) is 6.50. The molecule has 0 N–H and O–H groups in total. The average molecular weight is 314 g/mol. The lowest BCUT2D eigenvalue weighted by Crippen LogP contribution is -2.60. The number of hydrogen-bond acceptors (Lipinski definition) is 2. The van der Waals surface area contributed by atoms with Gasteiger partial charge in [0.1, 0.15) is 5.82 Å². The predicted octanol–water partition coefficient (Wildman–Crippen LogP) is 2.62. The largest absolute Gasteiger partial charge is 0.337 e. The van der Waals surface area contributed by atoms with E-state index in [1.807, 2.05) is 12.1 Å². The van der Waals surface area contributed by atoms with Crippen LogP contribution in [0.3, 0.4) is 0 Å². The van der Waals surface area contributed by atoms with Crippen molar-refractivity contribution in [1.29, 1.82) is 0 Å². The molecule has 4 heteroatoms. The molecule has 5 fully saturated rings. The minimum Gasteiger partial charge on any atom is -0.337 e. The lowest BCUT2D eigenvalue weighted by atomic mass is 9.75. The van der Waals surface area contributed by atoms with E-state index in [0.717, 1.165) is 32.5 Å². The van der Waals surface area contributed by atoms with Gasteiger partial charge in [0.05, 0.1) is 6.04 Å². The van der Waals surface area contributed by atoms with Gasteiger partial charge in [-0.2, -0.15) is 0 Å². The summed E-state index contributed by atoms with van der Waals surface area (Å²) in [5, 5.41) is 0. The zero-order valence-electron chi connectivity index (χ0n) is 13.3. The molecule has 0 radical (unpaired) electrons. The van der Waals surface area contributed by atoms with Crippen molar-refractivity contribution in [3.05, 3.63) is 35.6 Å². The number of nitrogens with zero attached hydrogens (tertiary/aromatic N) is 2. The zero-order valence-corrected chi connectivity index (χ0v) is 13.3. The van der Waals surface area contributed by atoms with Crippen molar-refractivity contribution in [3.63, 3.8) is 0 Å². The first-order valence-electron chi connectivity index (χ1n) is 9.02. The average Bonchev–Trinajstić information content (AvgIpc) is 3.35. The first kappa shape index (κ1) is 14.0. The number of benzene rings is 1.